The van der Waals surface area contributed by atoms with Crippen molar-refractivity contribution in [3.63, 3.8) is 0 Å². The van der Waals surface area contributed by atoms with Crippen LogP contribution in [0.3, 0.4) is 0 Å². The van der Waals surface area contributed by atoms with Gasteiger partial charge in [-0.1, -0.05) is 30.3 Å². The molecule has 0 spiro atoms. The standard InChI is InChI=1S/C17H18ClN5O3/c18-17-20-15(22-25-10-11-4-2-1-3-5-11)13-8-19-23(16(13)21-17)14-7-6-12(9-24)26-14/h1-5,8,12,14,24H,6-7,9-10H2,(H,20,21,22)/t12-,14+/m0/s1. The zero-order valence-corrected chi connectivity index (χ0v) is 14.6. The van der Waals surface area contributed by atoms with E-state index in [4.69, 9.17) is 21.2 Å². The highest BCUT2D eigenvalue weighted by Crippen LogP contribution is 2.31. The van der Waals surface area contributed by atoms with Gasteiger partial charge in [-0.3, -0.25) is 4.84 Å². The number of fused-ring (bicyclic) bond motifs is 1. The Labute approximate surface area is 154 Å². The average Bonchev–Trinajstić information content (AvgIpc) is 3.29. The van der Waals surface area contributed by atoms with Gasteiger partial charge in [-0.25, -0.2) is 10.2 Å². The van der Waals surface area contributed by atoms with Crippen LogP contribution in [0.2, 0.25) is 5.28 Å². The lowest BCUT2D eigenvalue weighted by Gasteiger charge is -2.13. The summed E-state index contributed by atoms with van der Waals surface area (Å²) in [6.45, 7) is 0.369. The van der Waals surface area contributed by atoms with E-state index < -0.39 is 0 Å². The van der Waals surface area contributed by atoms with Crippen molar-refractivity contribution in [2.75, 3.05) is 12.1 Å². The van der Waals surface area contributed by atoms with Gasteiger partial charge in [-0.05, 0) is 30.0 Å². The average molecular weight is 376 g/mol. The molecule has 26 heavy (non-hydrogen) atoms. The molecule has 2 aromatic heterocycles. The number of anilines is 1. The van der Waals surface area contributed by atoms with Gasteiger partial charge in [0.2, 0.25) is 5.28 Å². The van der Waals surface area contributed by atoms with Crippen molar-refractivity contribution in [2.24, 2.45) is 0 Å². The molecule has 1 aliphatic heterocycles. The van der Waals surface area contributed by atoms with Crippen molar-refractivity contribution in [2.45, 2.75) is 31.8 Å². The summed E-state index contributed by atoms with van der Waals surface area (Å²) in [5.41, 5.74) is 4.42. The number of aromatic nitrogens is 4. The molecule has 1 fully saturated rings. The van der Waals surface area contributed by atoms with Crippen LogP contribution in [0.1, 0.15) is 24.6 Å². The maximum atomic E-state index is 9.25. The second-order valence-corrected chi connectivity index (χ2v) is 6.35. The van der Waals surface area contributed by atoms with Crippen LogP contribution in [0.25, 0.3) is 11.0 Å². The van der Waals surface area contributed by atoms with E-state index in [0.717, 1.165) is 18.4 Å². The van der Waals surface area contributed by atoms with Crippen LogP contribution in [-0.2, 0) is 16.2 Å². The quantitative estimate of drug-likeness (QED) is 0.505. The number of ether oxygens (including phenoxy) is 1. The van der Waals surface area contributed by atoms with E-state index in [2.05, 4.69) is 20.5 Å². The molecule has 4 rings (SSSR count). The summed E-state index contributed by atoms with van der Waals surface area (Å²) >= 11 is 6.07. The number of nitrogens with zero attached hydrogens (tertiary/aromatic N) is 4. The normalized spacial score (nSPS) is 19.9. The molecule has 3 aromatic rings. The van der Waals surface area contributed by atoms with Crippen LogP contribution in [0.4, 0.5) is 5.82 Å². The van der Waals surface area contributed by atoms with Crippen LogP contribution in [0, 0.1) is 0 Å². The van der Waals surface area contributed by atoms with E-state index in [1.807, 2.05) is 30.3 Å². The van der Waals surface area contributed by atoms with E-state index in [1.165, 1.54) is 0 Å². The number of hydrogen-bond donors (Lipinski definition) is 2. The van der Waals surface area contributed by atoms with Gasteiger partial charge in [0.1, 0.15) is 0 Å². The lowest BCUT2D eigenvalue weighted by atomic mass is 10.2. The van der Waals surface area contributed by atoms with Crippen LogP contribution < -0.4 is 5.48 Å². The fourth-order valence-electron chi connectivity index (χ4n) is 2.95. The molecular formula is C17H18ClN5O3. The SMILES string of the molecule is OC[C@@H]1CC[C@H](n2ncc3c(NOCc4ccccc4)nc(Cl)nc32)O1. The highest BCUT2D eigenvalue weighted by Gasteiger charge is 2.28. The van der Waals surface area contributed by atoms with E-state index in [0.29, 0.717) is 23.5 Å². The third-order valence-corrected chi connectivity index (χ3v) is 4.41. The number of halogens is 1. The lowest BCUT2D eigenvalue weighted by Crippen LogP contribution is -2.15. The summed E-state index contributed by atoms with van der Waals surface area (Å²) in [5, 5.41) is 14.4. The van der Waals surface area contributed by atoms with Gasteiger partial charge in [0.15, 0.2) is 17.7 Å². The van der Waals surface area contributed by atoms with Crippen LogP contribution >= 0.6 is 11.6 Å². The zero-order chi connectivity index (χ0) is 17.9. The molecule has 3 heterocycles. The molecule has 1 aliphatic rings. The summed E-state index contributed by atoms with van der Waals surface area (Å²) in [4.78, 5) is 14.0. The highest BCUT2D eigenvalue weighted by atomic mass is 35.5. The predicted octanol–water partition coefficient (Wildman–Crippen LogP) is 2.69. The molecule has 1 aromatic carbocycles. The smallest absolute Gasteiger partial charge is 0.226 e. The fourth-order valence-corrected chi connectivity index (χ4v) is 3.12. The van der Waals surface area contributed by atoms with Gasteiger partial charge in [0.05, 0.1) is 30.9 Å². The number of hydrogen-bond acceptors (Lipinski definition) is 7. The number of nitrogens with one attached hydrogen (secondary N) is 1. The molecule has 2 N–H and O–H groups in total. The molecule has 9 heteroatoms. The highest BCUT2D eigenvalue weighted by molar-refractivity contribution is 6.28. The minimum absolute atomic E-state index is 0.00836. The fraction of sp³-hybridized carbons (Fsp3) is 0.353. The molecule has 136 valence electrons. The Balaban J connectivity index is 1.54. The minimum Gasteiger partial charge on any atom is -0.394 e. The van der Waals surface area contributed by atoms with Gasteiger partial charge in [0, 0.05) is 0 Å². The van der Waals surface area contributed by atoms with Crippen molar-refractivity contribution in [1.29, 1.82) is 0 Å². The number of aliphatic hydroxyl groups excluding tert-OH is 1. The van der Waals surface area contributed by atoms with Crippen molar-refractivity contribution < 1.29 is 14.7 Å². The van der Waals surface area contributed by atoms with Crippen molar-refractivity contribution in [3.05, 3.63) is 47.4 Å². The Morgan fingerprint density at radius 3 is 2.88 bits per heavy atom. The van der Waals surface area contributed by atoms with E-state index in [9.17, 15) is 5.11 Å². The van der Waals surface area contributed by atoms with Crippen molar-refractivity contribution in [3.8, 4) is 0 Å². The second kappa shape index (κ2) is 7.55. The molecule has 8 nitrogen and oxygen atoms in total. The monoisotopic (exact) mass is 375 g/mol. The Bertz CT molecular complexity index is 889. The van der Waals surface area contributed by atoms with Crippen molar-refractivity contribution in [1.82, 2.24) is 19.7 Å². The molecule has 0 bridgehead atoms. The summed E-state index contributed by atoms with van der Waals surface area (Å²) < 4.78 is 7.44. The topological polar surface area (TPSA) is 94.3 Å². The first-order chi connectivity index (χ1) is 12.7. The zero-order valence-electron chi connectivity index (χ0n) is 13.9. The predicted molar refractivity (Wildman–Crippen MR) is 95.4 cm³/mol. The van der Waals surface area contributed by atoms with Gasteiger partial charge in [-0.15, -0.1) is 0 Å². The second-order valence-electron chi connectivity index (χ2n) is 6.02. The Morgan fingerprint density at radius 2 is 2.12 bits per heavy atom. The van der Waals surface area contributed by atoms with E-state index in [1.54, 1.807) is 10.9 Å². The first-order valence-corrected chi connectivity index (χ1v) is 8.71. The summed E-state index contributed by atoms with van der Waals surface area (Å²) in [6.07, 6.45) is 2.70. The van der Waals surface area contributed by atoms with Crippen LogP contribution in [0.5, 0.6) is 0 Å². The van der Waals surface area contributed by atoms with E-state index in [-0.39, 0.29) is 24.2 Å². The van der Waals surface area contributed by atoms with Gasteiger partial charge in [-0.2, -0.15) is 15.1 Å². The number of benzene rings is 1. The Kier molecular flexibility index (Phi) is 4.98. The van der Waals surface area contributed by atoms with Gasteiger partial charge in [0.25, 0.3) is 0 Å². The first kappa shape index (κ1) is 17.2. The van der Waals surface area contributed by atoms with Gasteiger partial charge < -0.3 is 9.84 Å². The maximum absolute atomic E-state index is 9.25. The van der Waals surface area contributed by atoms with Gasteiger partial charge >= 0.3 is 0 Å². The Hall–Kier alpha value is -2.26. The summed E-state index contributed by atoms with van der Waals surface area (Å²) in [7, 11) is 0. The summed E-state index contributed by atoms with van der Waals surface area (Å²) in [5.74, 6) is 0.443. The van der Waals surface area contributed by atoms with E-state index >= 15 is 0 Å². The molecule has 0 radical (unpaired) electrons. The summed E-state index contributed by atoms with van der Waals surface area (Å²) in [6, 6.07) is 9.79. The number of rotatable bonds is 6. The Morgan fingerprint density at radius 1 is 1.27 bits per heavy atom. The molecule has 1 saturated heterocycles. The van der Waals surface area contributed by atoms with Crippen LogP contribution in [-0.4, -0.2) is 37.6 Å². The lowest BCUT2D eigenvalue weighted by molar-refractivity contribution is -0.0262. The van der Waals surface area contributed by atoms with Crippen molar-refractivity contribution >= 4 is 28.5 Å². The first-order valence-electron chi connectivity index (χ1n) is 8.33. The molecular weight excluding hydrogens is 358 g/mol. The third kappa shape index (κ3) is 3.49. The third-order valence-electron chi connectivity index (χ3n) is 4.24. The molecule has 0 saturated carbocycles. The molecule has 0 aliphatic carbocycles. The maximum Gasteiger partial charge on any atom is 0.226 e. The molecule has 2 atom stereocenters. The largest absolute Gasteiger partial charge is 0.394 e. The molecule has 0 unspecified atom stereocenters. The molecule has 0 amide bonds. The van der Waals surface area contributed by atoms with Crippen LogP contribution in [0.15, 0.2) is 36.5 Å². The minimum atomic E-state index is -0.284. The number of aliphatic hydroxyl groups is 1.